The fraction of sp³-hybridized carbons (Fsp3) is 0.727. The minimum absolute atomic E-state index is 0.174. The van der Waals surface area contributed by atoms with Crippen LogP contribution in [0.2, 0.25) is 5.02 Å². The summed E-state index contributed by atoms with van der Waals surface area (Å²) in [6, 6.07) is 0. The van der Waals surface area contributed by atoms with Gasteiger partial charge >= 0.3 is 6.18 Å². The fourth-order valence-corrected chi connectivity index (χ4v) is 2.24. The molecular formula is C11H15ClF3N3O. The Kier molecular flexibility index (Phi) is 3.81. The SMILES string of the molecule is Cc1c(Cl)cnn1CN1CCC(O)(C(F)(F)F)CC1. The summed E-state index contributed by atoms with van der Waals surface area (Å²) in [5.41, 5.74) is -1.78. The standard InChI is InChI=1S/C11H15ClF3N3O/c1-8-9(12)6-16-18(8)7-17-4-2-10(19,3-5-17)11(13,14)15/h6,19H,2-5,7H2,1H3. The molecule has 0 bridgehead atoms. The van der Waals surface area contributed by atoms with Gasteiger partial charge in [-0.2, -0.15) is 18.3 Å². The zero-order valence-corrected chi connectivity index (χ0v) is 11.2. The predicted molar refractivity (Wildman–Crippen MR) is 63.8 cm³/mol. The molecule has 0 atom stereocenters. The van der Waals surface area contributed by atoms with Crippen molar-refractivity contribution in [3.8, 4) is 0 Å². The van der Waals surface area contributed by atoms with Gasteiger partial charge in [0.1, 0.15) is 0 Å². The molecule has 1 N–H and O–H groups in total. The van der Waals surface area contributed by atoms with Crippen LogP contribution in [0.5, 0.6) is 0 Å². The lowest BCUT2D eigenvalue weighted by Crippen LogP contribution is -2.53. The van der Waals surface area contributed by atoms with Crippen LogP contribution in [-0.4, -0.2) is 44.7 Å². The van der Waals surface area contributed by atoms with Crippen LogP contribution < -0.4 is 0 Å². The highest BCUT2D eigenvalue weighted by atomic mass is 35.5. The lowest BCUT2D eigenvalue weighted by Gasteiger charge is -2.39. The Hall–Kier alpha value is -0.790. The molecule has 1 aromatic rings. The van der Waals surface area contributed by atoms with E-state index in [9.17, 15) is 18.3 Å². The summed E-state index contributed by atoms with van der Waals surface area (Å²) in [5, 5.41) is 14.1. The maximum Gasteiger partial charge on any atom is 0.417 e. The molecule has 1 saturated heterocycles. The largest absolute Gasteiger partial charge is 0.417 e. The van der Waals surface area contributed by atoms with Crippen LogP contribution in [0.4, 0.5) is 13.2 Å². The number of piperidine rings is 1. The number of aliphatic hydroxyl groups is 1. The van der Waals surface area contributed by atoms with Crippen LogP contribution in [0.15, 0.2) is 6.20 Å². The minimum atomic E-state index is -4.57. The molecule has 0 spiro atoms. The molecule has 0 unspecified atom stereocenters. The van der Waals surface area contributed by atoms with Gasteiger partial charge in [0.05, 0.1) is 23.6 Å². The molecule has 2 rings (SSSR count). The van der Waals surface area contributed by atoms with E-state index in [1.165, 1.54) is 6.20 Å². The summed E-state index contributed by atoms with van der Waals surface area (Å²) in [5.74, 6) is 0. The zero-order chi connectivity index (χ0) is 14.3. The van der Waals surface area contributed by atoms with Gasteiger partial charge in [0, 0.05) is 13.1 Å². The highest BCUT2D eigenvalue weighted by molar-refractivity contribution is 6.31. The number of hydrogen-bond donors (Lipinski definition) is 1. The second-order valence-electron chi connectivity index (χ2n) is 4.87. The van der Waals surface area contributed by atoms with Crippen LogP contribution in [0.25, 0.3) is 0 Å². The second kappa shape index (κ2) is 4.96. The molecule has 0 amide bonds. The molecular weight excluding hydrogens is 283 g/mol. The van der Waals surface area contributed by atoms with Crippen molar-refractivity contribution in [2.45, 2.75) is 38.2 Å². The minimum Gasteiger partial charge on any atom is -0.380 e. The average molecular weight is 298 g/mol. The monoisotopic (exact) mass is 297 g/mol. The highest BCUT2D eigenvalue weighted by Gasteiger charge is 2.54. The van der Waals surface area contributed by atoms with Crippen molar-refractivity contribution in [3.05, 3.63) is 16.9 Å². The first kappa shape index (κ1) is 14.6. The first-order valence-corrected chi connectivity index (χ1v) is 6.30. The van der Waals surface area contributed by atoms with E-state index in [1.807, 2.05) is 4.90 Å². The van der Waals surface area contributed by atoms with Gasteiger partial charge in [-0.15, -0.1) is 0 Å². The molecule has 1 aromatic heterocycles. The van der Waals surface area contributed by atoms with Gasteiger partial charge < -0.3 is 5.11 Å². The quantitative estimate of drug-likeness (QED) is 0.910. The van der Waals surface area contributed by atoms with Crippen molar-refractivity contribution in [2.24, 2.45) is 0 Å². The van der Waals surface area contributed by atoms with Gasteiger partial charge in [-0.1, -0.05) is 11.6 Å². The van der Waals surface area contributed by atoms with Crippen molar-refractivity contribution < 1.29 is 18.3 Å². The van der Waals surface area contributed by atoms with Crippen LogP contribution in [0.3, 0.4) is 0 Å². The fourth-order valence-electron chi connectivity index (χ4n) is 2.10. The normalized spacial score (nSPS) is 20.7. The molecule has 8 heteroatoms. The molecule has 0 aromatic carbocycles. The highest BCUT2D eigenvalue weighted by Crippen LogP contribution is 2.38. The van der Waals surface area contributed by atoms with Crippen molar-refractivity contribution in [1.29, 1.82) is 0 Å². The summed E-state index contributed by atoms with van der Waals surface area (Å²) in [6.07, 6.45) is -3.69. The lowest BCUT2D eigenvalue weighted by molar-refractivity contribution is -0.273. The summed E-state index contributed by atoms with van der Waals surface area (Å²) in [4.78, 5) is 1.82. The Bertz CT molecular complexity index is 453. The van der Waals surface area contributed by atoms with E-state index in [1.54, 1.807) is 11.6 Å². The lowest BCUT2D eigenvalue weighted by atomic mass is 9.91. The Morgan fingerprint density at radius 1 is 1.42 bits per heavy atom. The van der Waals surface area contributed by atoms with Crippen LogP contribution in [0.1, 0.15) is 18.5 Å². The maximum absolute atomic E-state index is 12.6. The number of likely N-dealkylation sites (tertiary alicyclic amines) is 1. The van der Waals surface area contributed by atoms with Crippen LogP contribution in [0, 0.1) is 6.92 Å². The Balaban J connectivity index is 1.96. The Morgan fingerprint density at radius 2 is 2.00 bits per heavy atom. The predicted octanol–water partition coefficient (Wildman–Crippen LogP) is 2.19. The van der Waals surface area contributed by atoms with Gasteiger partial charge in [0.2, 0.25) is 0 Å². The molecule has 0 aliphatic carbocycles. The summed E-state index contributed by atoms with van der Waals surface area (Å²) in [7, 11) is 0. The molecule has 0 saturated carbocycles. The maximum atomic E-state index is 12.6. The number of alkyl halides is 3. The van der Waals surface area contributed by atoms with E-state index in [0.29, 0.717) is 11.7 Å². The van der Waals surface area contributed by atoms with E-state index in [4.69, 9.17) is 11.6 Å². The van der Waals surface area contributed by atoms with E-state index in [-0.39, 0.29) is 25.9 Å². The first-order chi connectivity index (χ1) is 8.73. The second-order valence-corrected chi connectivity index (χ2v) is 5.27. The smallest absolute Gasteiger partial charge is 0.380 e. The number of halogens is 4. The molecule has 1 aliphatic heterocycles. The molecule has 108 valence electrons. The van der Waals surface area contributed by atoms with E-state index < -0.39 is 11.8 Å². The zero-order valence-electron chi connectivity index (χ0n) is 10.4. The summed E-state index contributed by atoms with van der Waals surface area (Å²) in [6.45, 7) is 2.53. The van der Waals surface area contributed by atoms with Gasteiger partial charge in [-0.25, -0.2) is 0 Å². The van der Waals surface area contributed by atoms with Crippen molar-refractivity contribution in [3.63, 3.8) is 0 Å². The van der Waals surface area contributed by atoms with E-state index in [0.717, 1.165) is 5.69 Å². The number of hydrogen-bond acceptors (Lipinski definition) is 3. The van der Waals surface area contributed by atoms with Gasteiger partial charge in [0.25, 0.3) is 0 Å². The third-order valence-electron chi connectivity index (χ3n) is 3.59. The third kappa shape index (κ3) is 2.88. The third-order valence-corrected chi connectivity index (χ3v) is 3.96. The van der Waals surface area contributed by atoms with Crippen molar-refractivity contribution in [2.75, 3.05) is 13.1 Å². The summed E-state index contributed by atoms with van der Waals surface area (Å²) < 4.78 is 39.6. The Morgan fingerprint density at radius 3 is 2.42 bits per heavy atom. The number of aromatic nitrogens is 2. The molecule has 0 radical (unpaired) electrons. The topological polar surface area (TPSA) is 41.3 Å². The molecule has 2 heterocycles. The van der Waals surface area contributed by atoms with Crippen LogP contribution >= 0.6 is 11.6 Å². The van der Waals surface area contributed by atoms with Crippen molar-refractivity contribution in [1.82, 2.24) is 14.7 Å². The van der Waals surface area contributed by atoms with E-state index in [2.05, 4.69) is 5.10 Å². The molecule has 1 aliphatic rings. The molecule has 4 nitrogen and oxygen atoms in total. The van der Waals surface area contributed by atoms with Gasteiger partial charge in [-0.3, -0.25) is 9.58 Å². The summed E-state index contributed by atoms with van der Waals surface area (Å²) >= 11 is 5.86. The first-order valence-electron chi connectivity index (χ1n) is 5.92. The van der Waals surface area contributed by atoms with Gasteiger partial charge in [0.15, 0.2) is 5.60 Å². The number of rotatable bonds is 2. The average Bonchev–Trinajstić information content (AvgIpc) is 2.63. The Labute approximate surface area is 113 Å². The van der Waals surface area contributed by atoms with Crippen LogP contribution in [-0.2, 0) is 6.67 Å². The van der Waals surface area contributed by atoms with E-state index >= 15 is 0 Å². The van der Waals surface area contributed by atoms with Gasteiger partial charge in [-0.05, 0) is 19.8 Å². The number of nitrogens with zero attached hydrogens (tertiary/aromatic N) is 3. The molecule has 1 fully saturated rings. The van der Waals surface area contributed by atoms with Crippen molar-refractivity contribution >= 4 is 11.6 Å². The molecule has 19 heavy (non-hydrogen) atoms.